The Morgan fingerprint density at radius 3 is 1.93 bits per heavy atom. The molecule has 2 fully saturated rings. The Kier molecular flexibility index (Phi) is 1.69. The first-order valence-corrected chi connectivity index (χ1v) is 5.91. The van der Waals surface area contributed by atoms with E-state index in [0.29, 0.717) is 10.8 Å². The number of hydrogen-bond acceptors (Lipinski definition) is 1. The van der Waals surface area contributed by atoms with Crippen molar-refractivity contribution in [2.45, 2.75) is 46.0 Å². The SMILES string of the molecule is CC1=C(C)CC23CCCC2(COC3)C1. The van der Waals surface area contributed by atoms with Gasteiger partial charge < -0.3 is 4.74 Å². The van der Waals surface area contributed by atoms with Crippen LogP contribution in [0.5, 0.6) is 0 Å². The molecule has 14 heavy (non-hydrogen) atoms. The van der Waals surface area contributed by atoms with E-state index < -0.39 is 0 Å². The molecule has 2 unspecified atom stereocenters. The summed E-state index contributed by atoms with van der Waals surface area (Å²) in [4.78, 5) is 0. The Morgan fingerprint density at radius 1 is 0.929 bits per heavy atom. The van der Waals surface area contributed by atoms with Crippen LogP contribution in [0.1, 0.15) is 46.0 Å². The maximum atomic E-state index is 5.81. The van der Waals surface area contributed by atoms with Crippen molar-refractivity contribution in [2.24, 2.45) is 10.8 Å². The lowest BCUT2D eigenvalue weighted by atomic mass is 9.59. The molecule has 0 aromatic rings. The predicted molar refractivity (Wildman–Crippen MR) is 57.1 cm³/mol. The third-order valence-corrected chi connectivity index (χ3v) is 5.13. The second-order valence-corrected chi connectivity index (χ2v) is 5.82. The highest BCUT2D eigenvalue weighted by molar-refractivity contribution is 5.25. The molecule has 0 amide bonds. The van der Waals surface area contributed by atoms with Gasteiger partial charge in [-0.2, -0.15) is 0 Å². The lowest BCUT2D eigenvalue weighted by Gasteiger charge is -2.44. The first kappa shape index (κ1) is 8.96. The van der Waals surface area contributed by atoms with Gasteiger partial charge in [-0.1, -0.05) is 17.6 Å². The molecule has 1 saturated heterocycles. The molecule has 0 spiro atoms. The van der Waals surface area contributed by atoms with Crippen LogP contribution in [0.25, 0.3) is 0 Å². The molecule has 1 saturated carbocycles. The fraction of sp³-hybridized carbons (Fsp3) is 0.846. The zero-order valence-corrected chi connectivity index (χ0v) is 9.36. The zero-order valence-electron chi connectivity index (χ0n) is 9.36. The number of ether oxygens (including phenoxy) is 1. The van der Waals surface area contributed by atoms with Gasteiger partial charge in [-0.3, -0.25) is 0 Å². The quantitative estimate of drug-likeness (QED) is 0.535. The van der Waals surface area contributed by atoms with Crippen LogP contribution < -0.4 is 0 Å². The van der Waals surface area contributed by atoms with Crippen molar-refractivity contribution in [3.05, 3.63) is 11.1 Å². The van der Waals surface area contributed by atoms with Gasteiger partial charge in [0.2, 0.25) is 0 Å². The number of rotatable bonds is 0. The Balaban J connectivity index is 2.06. The van der Waals surface area contributed by atoms with Gasteiger partial charge in [-0.15, -0.1) is 0 Å². The van der Waals surface area contributed by atoms with Gasteiger partial charge in [-0.05, 0) is 39.5 Å². The summed E-state index contributed by atoms with van der Waals surface area (Å²) in [6, 6.07) is 0. The normalized spacial score (nSPS) is 46.7. The lowest BCUT2D eigenvalue weighted by Crippen LogP contribution is -2.39. The average Bonchev–Trinajstić information content (AvgIpc) is 2.59. The van der Waals surface area contributed by atoms with E-state index in [2.05, 4.69) is 13.8 Å². The zero-order chi connectivity index (χ0) is 9.81. The van der Waals surface area contributed by atoms with Gasteiger partial charge in [0.25, 0.3) is 0 Å². The Labute approximate surface area is 86.5 Å². The maximum Gasteiger partial charge on any atom is 0.0532 e. The predicted octanol–water partition coefficient (Wildman–Crippen LogP) is 3.30. The molecule has 0 aromatic heterocycles. The van der Waals surface area contributed by atoms with Gasteiger partial charge >= 0.3 is 0 Å². The fourth-order valence-electron chi connectivity index (χ4n) is 4.16. The van der Waals surface area contributed by atoms with Gasteiger partial charge in [0, 0.05) is 10.8 Å². The topological polar surface area (TPSA) is 9.23 Å². The van der Waals surface area contributed by atoms with Crippen LogP contribution in [0, 0.1) is 10.8 Å². The summed E-state index contributed by atoms with van der Waals surface area (Å²) in [5.41, 5.74) is 4.40. The monoisotopic (exact) mass is 192 g/mol. The van der Waals surface area contributed by atoms with Crippen molar-refractivity contribution in [1.82, 2.24) is 0 Å². The molecule has 1 nitrogen and oxygen atoms in total. The molecular weight excluding hydrogens is 172 g/mol. The van der Waals surface area contributed by atoms with Crippen LogP contribution in [0.15, 0.2) is 11.1 Å². The van der Waals surface area contributed by atoms with E-state index in [9.17, 15) is 0 Å². The molecule has 0 N–H and O–H groups in total. The largest absolute Gasteiger partial charge is 0.380 e. The molecule has 78 valence electrons. The molecular formula is C13H20O. The van der Waals surface area contributed by atoms with Gasteiger partial charge in [0.15, 0.2) is 0 Å². The van der Waals surface area contributed by atoms with Crippen LogP contribution in [-0.2, 0) is 4.74 Å². The van der Waals surface area contributed by atoms with Crippen molar-refractivity contribution >= 4 is 0 Å². The number of hydrogen-bond donors (Lipinski definition) is 0. The lowest BCUT2D eigenvalue weighted by molar-refractivity contribution is 0.121. The second kappa shape index (κ2) is 2.63. The highest BCUT2D eigenvalue weighted by Gasteiger charge is 2.59. The van der Waals surface area contributed by atoms with Crippen LogP contribution in [0.3, 0.4) is 0 Å². The van der Waals surface area contributed by atoms with Crippen LogP contribution >= 0.6 is 0 Å². The summed E-state index contributed by atoms with van der Waals surface area (Å²) in [6.07, 6.45) is 6.90. The first-order chi connectivity index (χ1) is 6.68. The molecule has 3 rings (SSSR count). The fourth-order valence-corrected chi connectivity index (χ4v) is 4.16. The molecule has 3 aliphatic rings. The van der Waals surface area contributed by atoms with Crippen LogP contribution in [-0.4, -0.2) is 13.2 Å². The summed E-state index contributed by atoms with van der Waals surface area (Å²) in [5.74, 6) is 0. The molecule has 2 aliphatic carbocycles. The summed E-state index contributed by atoms with van der Waals surface area (Å²) in [6.45, 7) is 6.73. The average molecular weight is 192 g/mol. The van der Waals surface area contributed by atoms with Crippen molar-refractivity contribution in [3.8, 4) is 0 Å². The van der Waals surface area contributed by atoms with E-state index >= 15 is 0 Å². The Morgan fingerprint density at radius 2 is 1.43 bits per heavy atom. The summed E-state index contributed by atoms with van der Waals surface area (Å²) < 4.78 is 5.81. The van der Waals surface area contributed by atoms with Crippen molar-refractivity contribution < 1.29 is 4.74 Å². The van der Waals surface area contributed by atoms with E-state index in [1.165, 1.54) is 32.1 Å². The smallest absolute Gasteiger partial charge is 0.0532 e. The molecule has 1 heterocycles. The van der Waals surface area contributed by atoms with E-state index in [-0.39, 0.29) is 0 Å². The third-order valence-electron chi connectivity index (χ3n) is 5.13. The highest BCUT2D eigenvalue weighted by Crippen LogP contribution is 2.64. The first-order valence-electron chi connectivity index (χ1n) is 5.91. The van der Waals surface area contributed by atoms with Crippen molar-refractivity contribution in [3.63, 3.8) is 0 Å². The number of allylic oxidation sites excluding steroid dienone is 2. The molecule has 0 radical (unpaired) electrons. The van der Waals surface area contributed by atoms with Gasteiger partial charge in [0.05, 0.1) is 13.2 Å². The third kappa shape index (κ3) is 0.894. The van der Waals surface area contributed by atoms with E-state index in [4.69, 9.17) is 4.74 Å². The van der Waals surface area contributed by atoms with Gasteiger partial charge in [-0.25, -0.2) is 0 Å². The van der Waals surface area contributed by atoms with E-state index in [0.717, 1.165) is 13.2 Å². The van der Waals surface area contributed by atoms with Gasteiger partial charge in [0.1, 0.15) is 0 Å². The standard InChI is InChI=1S/C13H20O/c1-10-6-12-4-3-5-13(12,7-11(10)2)9-14-8-12/h3-9H2,1-2H3. The van der Waals surface area contributed by atoms with Crippen LogP contribution in [0.2, 0.25) is 0 Å². The van der Waals surface area contributed by atoms with E-state index in [1.807, 2.05) is 0 Å². The minimum atomic E-state index is 0.552. The molecule has 2 atom stereocenters. The van der Waals surface area contributed by atoms with Crippen LogP contribution in [0.4, 0.5) is 0 Å². The Bertz CT molecular complexity index is 262. The van der Waals surface area contributed by atoms with E-state index in [1.54, 1.807) is 11.1 Å². The Hall–Kier alpha value is -0.300. The summed E-state index contributed by atoms with van der Waals surface area (Å²) >= 11 is 0. The summed E-state index contributed by atoms with van der Waals surface area (Å²) in [5, 5.41) is 0. The molecule has 0 bridgehead atoms. The summed E-state index contributed by atoms with van der Waals surface area (Å²) in [7, 11) is 0. The van der Waals surface area contributed by atoms with Crippen molar-refractivity contribution in [2.75, 3.05) is 13.2 Å². The second-order valence-electron chi connectivity index (χ2n) is 5.82. The molecule has 1 aliphatic heterocycles. The maximum absolute atomic E-state index is 5.81. The molecule has 0 aromatic carbocycles. The molecule has 1 heteroatoms. The minimum absolute atomic E-state index is 0.552. The highest BCUT2D eigenvalue weighted by atomic mass is 16.5. The minimum Gasteiger partial charge on any atom is -0.380 e. The van der Waals surface area contributed by atoms with Crippen molar-refractivity contribution in [1.29, 1.82) is 0 Å².